The lowest BCUT2D eigenvalue weighted by Gasteiger charge is -2.20. The first kappa shape index (κ1) is 15.4. The Kier molecular flexibility index (Phi) is 4.90. The van der Waals surface area contributed by atoms with E-state index in [-0.39, 0.29) is 17.8 Å². The second-order valence-corrected chi connectivity index (χ2v) is 4.96. The van der Waals surface area contributed by atoms with Gasteiger partial charge in [0.1, 0.15) is 11.6 Å². The fraction of sp³-hybridized carbons (Fsp3) is 0.400. The van der Waals surface area contributed by atoms with Crippen molar-refractivity contribution in [3.05, 3.63) is 48.0 Å². The van der Waals surface area contributed by atoms with Gasteiger partial charge in [-0.2, -0.15) is 8.78 Å². The van der Waals surface area contributed by atoms with E-state index < -0.39 is 6.61 Å². The van der Waals surface area contributed by atoms with Crippen molar-refractivity contribution in [2.24, 2.45) is 7.05 Å². The first-order chi connectivity index (χ1) is 9.97. The molecule has 1 aromatic heterocycles. The average Bonchev–Trinajstić information content (AvgIpc) is 2.84. The molecule has 1 N–H and O–H groups in total. The molecule has 2 unspecified atom stereocenters. The van der Waals surface area contributed by atoms with Crippen LogP contribution in [-0.4, -0.2) is 16.2 Å². The molecule has 1 aromatic carbocycles. The second-order valence-electron chi connectivity index (χ2n) is 4.96. The molecule has 0 amide bonds. The molecule has 2 atom stereocenters. The monoisotopic (exact) mass is 295 g/mol. The molecule has 0 fully saturated rings. The zero-order chi connectivity index (χ0) is 15.4. The highest BCUT2D eigenvalue weighted by molar-refractivity contribution is 5.30. The van der Waals surface area contributed by atoms with E-state index in [2.05, 4.69) is 15.0 Å². The number of halogens is 2. The molecule has 0 radical (unpaired) electrons. The fourth-order valence-corrected chi connectivity index (χ4v) is 2.30. The minimum absolute atomic E-state index is 0.0158. The summed E-state index contributed by atoms with van der Waals surface area (Å²) in [6, 6.07) is 6.75. The summed E-state index contributed by atoms with van der Waals surface area (Å²) in [4.78, 5) is 4.30. The summed E-state index contributed by atoms with van der Waals surface area (Å²) in [6.07, 6.45) is 3.63. The molecule has 0 bridgehead atoms. The largest absolute Gasteiger partial charge is 0.435 e. The lowest BCUT2D eigenvalue weighted by Crippen LogP contribution is -2.24. The number of ether oxygens (including phenoxy) is 1. The number of aromatic nitrogens is 2. The molecular weight excluding hydrogens is 276 g/mol. The van der Waals surface area contributed by atoms with Gasteiger partial charge in [0, 0.05) is 25.5 Å². The minimum atomic E-state index is -2.81. The Morgan fingerprint density at radius 3 is 2.62 bits per heavy atom. The highest BCUT2D eigenvalue weighted by Gasteiger charge is 2.15. The third kappa shape index (κ3) is 4.01. The quantitative estimate of drug-likeness (QED) is 0.887. The van der Waals surface area contributed by atoms with Crippen LogP contribution in [0.4, 0.5) is 8.78 Å². The number of hydrogen-bond donors (Lipinski definition) is 1. The molecule has 0 saturated heterocycles. The highest BCUT2D eigenvalue weighted by Crippen LogP contribution is 2.23. The van der Waals surface area contributed by atoms with Crippen LogP contribution >= 0.6 is 0 Å². The predicted octanol–water partition coefficient (Wildman–Crippen LogP) is 3.43. The number of aryl methyl sites for hydroxylation is 1. The van der Waals surface area contributed by atoms with Crippen LogP contribution < -0.4 is 10.1 Å². The zero-order valence-electron chi connectivity index (χ0n) is 12.3. The topological polar surface area (TPSA) is 39.1 Å². The Labute approximate surface area is 122 Å². The van der Waals surface area contributed by atoms with Crippen molar-refractivity contribution in [3.8, 4) is 5.75 Å². The van der Waals surface area contributed by atoms with E-state index in [1.165, 1.54) is 6.07 Å². The molecule has 0 saturated carbocycles. The van der Waals surface area contributed by atoms with Gasteiger partial charge in [0.25, 0.3) is 0 Å². The van der Waals surface area contributed by atoms with Gasteiger partial charge in [-0.1, -0.05) is 12.1 Å². The van der Waals surface area contributed by atoms with Crippen molar-refractivity contribution >= 4 is 0 Å². The van der Waals surface area contributed by atoms with Gasteiger partial charge in [0.2, 0.25) is 0 Å². The van der Waals surface area contributed by atoms with E-state index in [0.717, 1.165) is 11.4 Å². The van der Waals surface area contributed by atoms with E-state index >= 15 is 0 Å². The SMILES string of the molecule is CC(NC(C)c1nccn1C)c1cccc(OC(F)F)c1. The summed E-state index contributed by atoms with van der Waals surface area (Å²) >= 11 is 0. The number of rotatable bonds is 6. The van der Waals surface area contributed by atoms with Crippen LogP contribution in [0.15, 0.2) is 36.7 Å². The van der Waals surface area contributed by atoms with E-state index in [0.29, 0.717) is 0 Å². The molecule has 0 aliphatic heterocycles. The minimum Gasteiger partial charge on any atom is -0.435 e. The van der Waals surface area contributed by atoms with Crippen molar-refractivity contribution in [1.82, 2.24) is 14.9 Å². The van der Waals surface area contributed by atoms with Gasteiger partial charge in [-0.05, 0) is 31.5 Å². The van der Waals surface area contributed by atoms with Crippen LogP contribution in [-0.2, 0) is 7.05 Å². The van der Waals surface area contributed by atoms with Crippen LogP contribution in [0.3, 0.4) is 0 Å². The molecule has 21 heavy (non-hydrogen) atoms. The van der Waals surface area contributed by atoms with E-state index in [1.807, 2.05) is 37.7 Å². The number of hydrogen-bond acceptors (Lipinski definition) is 3. The first-order valence-electron chi connectivity index (χ1n) is 6.75. The van der Waals surface area contributed by atoms with Crippen molar-refractivity contribution in [2.45, 2.75) is 32.5 Å². The lowest BCUT2D eigenvalue weighted by atomic mass is 10.1. The zero-order valence-corrected chi connectivity index (χ0v) is 12.3. The fourth-order valence-electron chi connectivity index (χ4n) is 2.30. The summed E-state index contributed by atoms with van der Waals surface area (Å²) in [6.45, 7) is 1.18. The molecule has 6 heteroatoms. The maximum Gasteiger partial charge on any atom is 0.387 e. The summed E-state index contributed by atoms with van der Waals surface area (Å²) in [5.74, 6) is 1.09. The van der Waals surface area contributed by atoms with Crippen LogP contribution in [0, 0.1) is 0 Å². The molecule has 2 aromatic rings. The first-order valence-corrected chi connectivity index (χ1v) is 6.75. The smallest absolute Gasteiger partial charge is 0.387 e. The molecule has 0 aliphatic carbocycles. The molecule has 2 rings (SSSR count). The number of imidazole rings is 1. The Balaban J connectivity index is 2.06. The van der Waals surface area contributed by atoms with Crippen LogP contribution in [0.25, 0.3) is 0 Å². The molecule has 1 heterocycles. The van der Waals surface area contributed by atoms with Crippen LogP contribution in [0.2, 0.25) is 0 Å². The van der Waals surface area contributed by atoms with E-state index in [9.17, 15) is 8.78 Å². The van der Waals surface area contributed by atoms with Gasteiger partial charge in [0.15, 0.2) is 0 Å². The van der Waals surface area contributed by atoms with Crippen LogP contribution in [0.1, 0.15) is 37.3 Å². The van der Waals surface area contributed by atoms with Crippen molar-refractivity contribution in [3.63, 3.8) is 0 Å². The van der Waals surface area contributed by atoms with E-state index in [1.54, 1.807) is 18.3 Å². The standard InChI is InChI=1S/C15H19F2N3O/c1-10(19-11(2)14-18-7-8-20(14)3)12-5-4-6-13(9-12)21-15(16)17/h4-11,15,19H,1-3H3. The molecule has 0 aliphatic rings. The Morgan fingerprint density at radius 1 is 1.24 bits per heavy atom. The highest BCUT2D eigenvalue weighted by atomic mass is 19.3. The molecular formula is C15H19F2N3O. The number of nitrogens with zero attached hydrogens (tertiary/aromatic N) is 2. The summed E-state index contributed by atoms with van der Waals surface area (Å²) in [7, 11) is 1.93. The normalized spacial score (nSPS) is 14.2. The summed E-state index contributed by atoms with van der Waals surface area (Å²) < 4.78 is 30.9. The maximum atomic E-state index is 12.2. The summed E-state index contributed by atoms with van der Waals surface area (Å²) in [5, 5.41) is 3.39. The predicted molar refractivity (Wildman–Crippen MR) is 76.2 cm³/mol. The van der Waals surface area contributed by atoms with Crippen molar-refractivity contribution in [2.75, 3.05) is 0 Å². The Bertz CT molecular complexity index is 586. The Hall–Kier alpha value is -1.95. The van der Waals surface area contributed by atoms with Gasteiger partial charge in [0.05, 0.1) is 6.04 Å². The van der Waals surface area contributed by atoms with Gasteiger partial charge >= 0.3 is 6.61 Å². The third-order valence-electron chi connectivity index (χ3n) is 3.33. The second kappa shape index (κ2) is 6.67. The Morgan fingerprint density at radius 2 is 2.00 bits per heavy atom. The molecule has 4 nitrogen and oxygen atoms in total. The van der Waals surface area contributed by atoms with E-state index in [4.69, 9.17) is 0 Å². The average molecular weight is 295 g/mol. The number of benzene rings is 1. The van der Waals surface area contributed by atoms with Crippen LogP contribution in [0.5, 0.6) is 5.75 Å². The van der Waals surface area contributed by atoms with Crippen molar-refractivity contribution in [1.29, 1.82) is 0 Å². The van der Waals surface area contributed by atoms with Gasteiger partial charge in [-0.15, -0.1) is 0 Å². The third-order valence-corrected chi connectivity index (χ3v) is 3.33. The molecule has 114 valence electrons. The maximum absolute atomic E-state index is 12.2. The molecule has 0 spiro atoms. The summed E-state index contributed by atoms with van der Waals surface area (Å²) in [5.41, 5.74) is 0.884. The van der Waals surface area contributed by atoms with Gasteiger partial charge < -0.3 is 14.6 Å². The van der Waals surface area contributed by atoms with Gasteiger partial charge in [-0.25, -0.2) is 4.98 Å². The van der Waals surface area contributed by atoms with Gasteiger partial charge in [-0.3, -0.25) is 0 Å². The number of nitrogens with one attached hydrogen (secondary N) is 1. The lowest BCUT2D eigenvalue weighted by molar-refractivity contribution is -0.0499. The van der Waals surface area contributed by atoms with Crippen molar-refractivity contribution < 1.29 is 13.5 Å². The number of alkyl halides is 2.